The van der Waals surface area contributed by atoms with Gasteiger partial charge in [0.25, 0.3) is 5.91 Å². The molecule has 0 aliphatic rings. The Morgan fingerprint density at radius 2 is 1.89 bits per heavy atom. The van der Waals surface area contributed by atoms with Gasteiger partial charge in [0.05, 0.1) is 11.0 Å². The van der Waals surface area contributed by atoms with Crippen LogP contribution in [0.4, 0.5) is 0 Å². The Kier molecular flexibility index (Phi) is 5.16. The fourth-order valence-electron chi connectivity index (χ4n) is 2.79. The topological polar surface area (TPSA) is 70.7 Å². The maximum absolute atomic E-state index is 12.6. The summed E-state index contributed by atoms with van der Waals surface area (Å²) in [7, 11) is 0. The summed E-state index contributed by atoms with van der Waals surface area (Å²) in [4.78, 5) is 24.6. The number of H-pyrrole nitrogens is 1. The van der Waals surface area contributed by atoms with E-state index in [-0.39, 0.29) is 5.91 Å². The van der Waals surface area contributed by atoms with Gasteiger partial charge < -0.3 is 10.3 Å². The first-order valence-corrected chi connectivity index (χ1v) is 9.61. The number of amides is 1. The molecule has 6 heteroatoms. The van der Waals surface area contributed by atoms with Gasteiger partial charge in [-0.05, 0) is 35.4 Å². The minimum Gasteiger partial charge on any atom is -0.348 e. The molecule has 0 saturated carbocycles. The van der Waals surface area contributed by atoms with E-state index in [1.54, 1.807) is 24.2 Å². The predicted molar refractivity (Wildman–Crippen MR) is 108 cm³/mol. The second kappa shape index (κ2) is 8.05. The van der Waals surface area contributed by atoms with Gasteiger partial charge in [-0.2, -0.15) is 0 Å². The lowest BCUT2D eigenvalue weighted by molar-refractivity contribution is 0.0950. The zero-order valence-electron chi connectivity index (χ0n) is 14.6. The van der Waals surface area contributed by atoms with Crippen LogP contribution < -0.4 is 5.32 Å². The molecule has 5 nitrogen and oxygen atoms in total. The van der Waals surface area contributed by atoms with E-state index < -0.39 is 0 Å². The summed E-state index contributed by atoms with van der Waals surface area (Å²) in [5, 5.41) is 3.81. The van der Waals surface area contributed by atoms with Crippen LogP contribution in [0, 0.1) is 0 Å². The van der Waals surface area contributed by atoms with Crippen molar-refractivity contribution in [1.29, 1.82) is 0 Å². The Morgan fingerprint density at radius 1 is 1.04 bits per heavy atom. The lowest BCUT2D eigenvalue weighted by atomic mass is 10.1. The standard InChI is InChI=1S/C21H18N4OS/c26-20(23-13-15-6-5-11-22-12-15)17-8-2-1-7-16(17)14-27-21-24-18-9-3-4-10-19(18)25-21/h1-12H,13-14H2,(H,23,26)(H,24,25). The van der Waals surface area contributed by atoms with Gasteiger partial charge in [0.1, 0.15) is 0 Å². The van der Waals surface area contributed by atoms with Crippen LogP contribution in [0.1, 0.15) is 21.5 Å². The Labute approximate surface area is 161 Å². The normalized spacial score (nSPS) is 10.8. The van der Waals surface area contributed by atoms with Gasteiger partial charge in [-0.1, -0.05) is 48.2 Å². The predicted octanol–water partition coefficient (Wildman–Crippen LogP) is 4.18. The Hall–Kier alpha value is -3.12. The maximum atomic E-state index is 12.6. The van der Waals surface area contributed by atoms with E-state index in [1.165, 1.54) is 0 Å². The second-order valence-corrected chi connectivity index (χ2v) is 7.01. The molecule has 0 unspecified atom stereocenters. The van der Waals surface area contributed by atoms with Crippen LogP contribution in [-0.4, -0.2) is 20.9 Å². The first-order chi connectivity index (χ1) is 13.3. The summed E-state index contributed by atoms with van der Waals surface area (Å²) in [5.74, 6) is 0.579. The SMILES string of the molecule is O=C(NCc1cccnc1)c1ccccc1CSc1nc2ccccc2[nH]1. The van der Waals surface area contributed by atoms with Crippen molar-refractivity contribution in [2.75, 3.05) is 0 Å². The molecular formula is C21H18N4OS. The summed E-state index contributed by atoms with van der Waals surface area (Å²) in [6.45, 7) is 0.456. The van der Waals surface area contributed by atoms with Gasteiger partial charge in [0.15, 0.2) is 5.16 Å². The quantitative estimate of drug-likeness (QED) is 0.497. The van der Waals surface area contributed by atoms with Crippen LogP contribution in [-0.2, 0) is 12.3 Å². The summed E-state index contributed by atoms with van der Waals surface area (Å²) in [6.07, 6.45) is 3.47. The molecule has 2 N–H and O–H groups in total. The second-order valence-electron chi connectivity index (χ2n) is 6.05. The van der Waals surface area contributed by atoms with Crippen LogP contribution in [0.15, 0.2) is 78.2 Å². The van der Waals surface area contributed by atoms with Gasteiger partial charge in [-0.3, -0.25) is 9.78 Å². The molecule has 0 saturated heterocycles. The number of nitrogens with zero attached hydrogens (tertiary/aromatic N) is 2. The van der Waals surface area contributed by atoms with Gasteiger partial charge >= 0.3 is 0 Å². The number of rotatable bonds is 6. The van der Waals surface area contributed by atoms with Gasteiger partial charge in [0, 0.05) is 30.3 Å². The lowest BCUT2D eigenvalue weighted by Gasteiger charge is -2.09. The largest absolute Gasteiger partial charge is 0.348 e. The van der Waals surface area contributed by atoms with Crippen molar-refractivity contribution < 1.29 is 4.79 Å². The van der Waals surface area contributed by atoms with E-state index in [1.807, 2.05) is 60.7 Å². The van der Waals surface area contributed by atoms with Crippen molar-refractivity contribution in [2.24, 2.45) is 0 Å². The maximum Gasteiger partial charge on any atom is 0.251 e. The first kappa shape index (κ1) is 17.3. The van der Waals surface area contributed by atoms with Crippen molar-refractivity contribution in [3.8, 4) is 0 Å². The molecule has 1 amide bonds. The number of para-hydroxylation sites is 2. The number of carbonyl (C=O) groups is 1. The molecule has 2 heterocycles. The van der Waals surface area contributed by atoms with E-state index in [0.29, 0.717) is 17.9 Å². The number of carbonyl (C=O) groups excluding carboxylic acids is 1. The van der Waals surface area contributed by atoms with Crippen molar-refractivity contribution >= 4 is 28.7 Å². The third-order valence-electron chi connectivity index (χ3n) is 4.17. The fraction of sp³-hybridized carbons (Fsp3) is 0.0952. The van der Waals surface area contributed by atoms with E-state index in [9.17, 15) is 4.79 Å². The van der Waals surface area contributed by atoms with Crippen molar-refractivity contribution in [1.82, 2.24) is 20.3 Å². The van der Waals surface area contributed by atoms with Crippen molar-refractivity contribution in [3.63, 3.8) is 0 Å². The average molecular weight is 374 g/mol. The number of aromatic amines is 1. The lowest BCUT2D eigenvalue weighted by Crippen LogP contribution is -2.23. The zero-order chi connectivity index (χ0) is 18.5. The van der Waals surface area contributed by atoms with Gasteiger partial charge in [0.2, 0.25) is 0 Å². The van der Waals surface area contributed by atoms with E-state index >= 15 is 0 Å². The summed E-state index contributed by atoms with van der Waals surface area (Å²) >= 11 is 1.59. The summed E-state index contributed by atoms with van der Waals surface area (Å²) in [6, 6.07) is 19.4. The number of nitrogens with one attached hydrogen (secondary N) is 2. The van der Waals surface area contributed by atoms with Crippen LogP contribution in [0.25, 0.3) is 11.0 Å². The molecule has 0 radical (unpaired) electrons. The fourth-order valence-corrected chi connectivity index (χ4v) is 3.68. The number of benzene rings is 2. The number of imidazole rings is 1. The Bertz CT molecular complexity index is 1030. The highest BCUT2D eigenvalue weighted by molar-refractivity contribution is 7.98. The molecule has 2 aromatic heterocycles. The molecule has 0 aliphatic heterocycles. The molecular weight excluding hydrogens is 356 g/mol. The minimum atomic E-state index is -0.0836. The van der Waals surface area contributed by atoms with E-state index in [4.69, 9.17) is 0 Å². The minimum absolute atomic E-state index is 0.0836. The molecule has 4 rings (SSSR count). The molecule has 0 aliphatic carbocycles. The molecule has 0 fully saturated rings. The van der Waals surface area contributed by atoms with Crippen LogP contribution in [0.5, 0.6) is 0 Å². The highest BCUT2D eigenvalue weighted by Crippen LogP contribution is 2.24. The molecule has 0 atom stereocenters. The van der Waals surface area contributed by atoms with Crippen LogP contribution in [0.3, 0.4) is 0 Å². The van der Waals surface area contributed by atoms with Gasteiger partial charge in [-0.15, -0.1) is 0 Å². The monoisotopic (exact) mass is 374 g/mol. The average Bonchev–Trinajstić information content (AvgIpc) is 3.14. The van der Waals surface area contributed by atoms with Crippen molar-refractivity contribution in [3.05, 3.63) is 89.7 Å². The number of hydrogen-bond donors (Lipinski definition) is 2. The van der Waals surface area contributed by atoms with E-state index in [2.05, 4.69) is 20.3 Å². The van der Waals surface area contributed by atoms with Gasteiger partial charge in [-0.25, -0.2) is 4.98 Å². The molecule has 0 bridgehead atoms. The smallest absolute Gasteiger partial charge is 0.251 e. The first-order valence-electron chi connectivity index (χ1n) is 8.62. The zero-order valence-corrected chi connectivity index (χ0v) is 15.4. The van der Waals surface area contributed by atoms with Crippen molar-refractivity contribution in [2.45, 2.75) is 17.5 Å². The number of thioether (sulfide) groups is 1. The number of aromatic nitrogens is 3. The molecule has 27 heavy (non-hydrogen) atoms. The molecule has 4 aromatic rings. The highest BCUT2D eigenvalue weighted by Gasteiger charge is 2.12. The van der Waals surface area contributed by atoms with Crippen LogP contribution >= 0.6 is 11.8 Å². The highest BCUT2D eigenvalue weighted by atomic mass is 32.2. The molecule has 2 aromatic carbocycles. The Balaban J connectivity index is 1.44. The molecule has 0 spiro atoms. The van der Waals surface area contributed by atoms with E-state index in [0.717, 1.165) is 27.3 Å². The summed E-state index contributed by atoms with van der Waals surface area (Å²) < 4.78 is 0. The van der Waals surface area contributed by atoms with Crippen LogP contribution in [0.2, 0.25) is 0 Å². The number of pyridine rings is 1. The number of hydrogen-bond acceptors (Lipinski definition) is 4. The number of fused-ring (bicyclic) bond motifs is 1. The summed E-state index contributed by atoms with van der Waals surface area (Å²) in [5.41, 5.74) is 4.60. The third kappa shape index (κ3) is 4.17. The third-order valence-corrected chi connectivity index (χ3v) is 5.09. The Morgan fingerprint density at radius 3 is 2.74 bits per heavy atom. The molecule has 134 valence electrons.